The zero-order valence-corrected chi connectivity index (χ0v) is 16.8. The maximum atomic E-state index is 10.5. The van der Waals surface area contributed by atoms with Gasteiger partial charge < -0.3 is 15.3 Å². The fraction of sp³-hybridized carbons (Fsp3) is 0.773. The van der Waals surface area contributed by atoms with Crippen LogP contribution in [0.15, 0.2) is 23.8 Å². The number of carboxylic acids is 1. The molecule has 0 unspecified atom stereocenters. The van der Waals surface area contributed by atoms with Gasteiger partial charge >= 0.3 is 5.97 Å². The molecule has 0 aromatic rings. The summed E-state index contributed by atoms with van der Waals surface area (Å²) in [5, 5.41) is 29.4. The fourth-order valence-electron chi connectivity index (χ4n) is 3.55. The second-order valence-corrected chi connectivity index (χ2v) is 8.34. The summed E-state index contributed by atoms with van der Waals surface area (Å²) in [6.45, 7) is 6.35. The van der Waals surface area contributed by atoms with Crippen molar-refractivity contribution in [1.29, 1.82) is 0 Å². The first-order valence-corrected chi connectivity index (χ1v) is 10.2. The molecule has 0 radical (unpaired) electrons. The maximum Gasteiger partial charge on any atom is 0.303 e. The molecule has 0 heterocycles. The third-order valence-electron chi connectivity index (χ3n) is 5.55. The lowest BCUT2D eigenvalue weighted by Gasteiger charge is -2.29. The summed E-state index contributed by atoms with van der Waals surface area (Å²) < 4.78 is 0. The number of aliphatic hydroxyl groups is 2. The van der Waals surface area contributed by atoms with Crippen LogP contribution in [0.2, 0.25) is 0 Å². The monoisotopic (exact) mass is 366 g/mol. The second-order valence-electron chi connectivity index (χ2n) is 8.34. The van der Waals surface area contributed by atoms with Gasteiger partial charge in [0.2, 0.25) is 0 Å². The first-order chi connectivity index (χ1) is 12.3. The Kier molecular flexibility index (Phi) is 10.2. The van der Waals surface area contributed by atoms with Gasteiger partial charge in [-0.3, -0.25) is 4.79 Å². The number of aliphatic hydroxyl groups excluding tert-OH is 2. The Morgan fingerprint density at radius 3 is 2.62 bits per heavy atom. The van der Waals surface area contributed by atoms with Gasteiger partial charge in [0.15, 0.2) is 0 Å². The molecular formula is C22H38O4. The molecule has 0 bridgehead atoms. The van der Waals surface area contributed by atoms with Gasteiger partial charge in [-0.05, 0) is 37.5 Å². The van der Waals surface area contributed by atoms with E-state index in [1.54, 1.807) is 0 Å². The van der Waals surface area contributed by atoms with Crippen molar-refractivity contribution in [2.45, 2.75) is 97.2 Å². The van der Waals surface area contributed by atoms with Crippen molar-refractivity contribution in [3.63, 3.8) is 0 Å². The van der Waals surface area contributed by atoms with Crippen LogP contribution in [-0.2, 0) is 4.79 Å². The summed E-state index contributed by atoms with van der Waals surface area (Å²) in [6, 6.07) is 0. The lowest BCUT2D eigenvalue weighted by molar-refractivity contribution is -0.137. The van der Waals surface area contributed by atoms with Crippen LogP contribution in [0.4, 0.5) is 0 Å². The largest absolute Gasteiger partial charge is 0.481 e. The average molecular weight is 367 g/mol. The van der Waals surface area contributed by atoms with Crippen LogP contribution >= 0.6 is 0 Å². The van der Waals surface area contributed by atoms with Gasteiger partial charge in [-0.15, -0.1) is 0 Å². The molecule has 1 rings (SSSR count). The molecule has 1 aliphatic carbocycles. The third-order valence-corrected chi connectivity index (χ3v) is 5.55. The van der Waals surface area contributed by atoms with E-state index in [1.165, 1.54) is 5.57 Å². The van der Waals surface area contributed by atoms with Gasteiger partial charge in [0, 0.05) is 12.3 Å². The third kappa shape index (κ3) is 8.05. The van der Waals surface area contributed by atoms with Crippen molar-refractivity contribution >= 4 is 5.97 Å². The average Bonchev–Trinajstić information content (AvgIpc) is 2.93. The lowest BCUT2D eigenvalue weighted by Crippen LogP contribution is -2.28. The van der Waals surface area contributed by atoms with E-state index in [0.29, 0.717) is 6.42 Å². The molecule has 0 amide bonds. The maximum absolute atomic E-state index is 10.5. The fourth-order valence-corrected chi connectivity index (χ4v) is 3.55. The first kappa shape index (κ1) is 22.9. The van der Waals surface area contributed by atoms with Crippen molar-refractivity contribution in [3.05, 3.63) is 23.8 Å². The number of carboxylic acid groups (broad SMARTS) is 1. The van der Waals surface area contributed by atoms with Crippen LogP contribution in [0.3, 0.4) is 0 Å². The second kappa shape index (κ2) is 11.6. The number of aliphatic carboxylic acids is 1. The Morgan fingerprint density at radius 2 is 1.96 bits per heavy atom. The minimum atomic E-state index is -0.725. The Balaban J connectivity index is 2.45. The van der Waals surface area contributed by atoms with E-state index >= 15 is 0 Å². The molecule has 0 saturated heterocycles. The molecule has 0 saturated carbocycles. The summed E-state index contributed by atoms with van der Waals surface area (Å²) in [4.78, 5) is 10.5. The van der Waals surface area contributed by atoms with Gasteiger partial charge in [0.05, 0.1) is 12.2 Å². The van der Waals surface area contributed by atoms with E-state index < -0.39 is 12.1 Å². The van der Waals surface area contributed by atoms with Gasteiger partial charge in [0.1, 0.15) is 0 Å². The van der Waals surface area contributed by atoms with E-state index in [0.717, 1.165) is 51.4 Å². The summed E-state index contributed by atoms with van der Waals surface area (Å²) in [5.74, 6) is -0.720. The zero-order chi connectivity index (χ0) is 19.6. The highest BCUT2D eigenvalue weighted by atomic mass is 16.4. The summed E-state index contributed by atoms with van der Waals surface area (Å²) >= 11 is 0. The van der Waals surface area contributed by atoms with E-state index in [9.17, 15) is 15.0 Å². The molecule has 150 valence electrons. The summed E-state index contributed by atoms with van der Waals surface area (Å²) in [6.07, 6.45) is 13.9. The number of rotatable bonds is 13. The predicted molar refractivity (Wildman–Crippen MR) is 106 cm³/mol. The zero-order valence-electron chi connectivity index (χ0n) is 16.8. The van der Waals surface area contributed by atoms with Crippen molar-refractivity contribution in [2.24, 2.45) is 11.3 Å². The molecule has 0 spiro atoms. The minimum Gasteiger partial charge on any atom is -0.481 e. The van der Waals surface area contributed by atoms with Crippen LogP contribution in [-0.4, -0.2) is 33.5 Å². The van der Waals surface area contributed by atoms with E-state index in [1.807, 2.05) is 12.2 Å². The predicted octanol–water partition coefficient (Wildman–Crippen LogP) is 4.85. The lowest BCUT2D eigenvalue weighted by atomic mass is 9.80. The minimum absolute atomic E-state index is 0.00523. The molecule has 0 fully saturated rings. The molecule has 0 aliphatic heterocycles. The number of hydrogen-bond donors (Lipinski definition) is 3. The highest BCUT2D eigenvalue weighted by molar-refractivity contribution is 5.66. The number of carbonyl (C=O) groups is 1. The molecule has 0 aromatic heterocycles. The van der Waals surface area contributed by atoms with E-state index in [4.69, 9.17) is 5.11 Å². The first-order valence-electron chi connectivity index (χ1n) is 10.2. The van der Waals surface area contributed by atoms with E-state index in [2.05, 4.69) is 26.8 Å². The Bertz CT molecular complexity index is 479. The van der Waals surface area contributed by atoms with Crippen LogP contribution in [0.1, 0.15) is 85.0 Å². The standard InChI is InChI=1S/C22H38O4/c1-4-5-16-22(2,3)20(24)15-13-18-17(12-14-19(18)23)10-8-6-7-9-11-21(25)26/h12-13,15,18-20,23-24H,4-11,14,16H2,1-3H3,(H,25,26)/t18-,19-,20-/m1/s1. The molecule has 4 heteroatoms. The van der Waals surface area contributed by atoms with Crippen LogP contribution < -0.4 is 0 Å². The topological polar surface area (TPSA) is 77.8 Å². The molecule has 1 aliphatic rings. The van der Waals surface area contributed by atoms with Crippen molar-refractivity contribution in [1.82, 2.24) is 0 Å². The quantitative estimate of drug-likeness (QED) is 0.321. The Morgan fingerprint density at radius 1 is 1.27 bits per heavy atom. The van der Waals surface area contributed by atoms with Gasteiger partial charge in [0.25, 0.3) is 0 Å². The normalized spacial score (nSPS) is 22.0. The molecule has 0 aromatic carbocycles. The smallest absolute Gasteiger partial charge is 0.303 e. The van der Waals surface area contributed by atoms with Gasteiger partial charge in [-0.25, -0.2) is 0 Å². The van der Waals surface area contributed by atoms with Crippen molar-refractivity contribution in [2.75, 3.05) is 0 Å². The molecule has 3 atom stereocenters. The molecular weight excluding hydrogens is 328 g/mol. The highest BCUT2D eigenvalue weighted by Gasteiger charge is 2.28. The van der Waals surface area contributed by atoms with Crippen LogP contribution in [0.25, 0.3) is 0 Å². The molecule has 3 N–H and O–H groups in total. The summed E-state index contributed by atoms with van der Waals surface area (Å²) in [7, 11) is 0. The van der Waals surface area contributed by atoms with Crippen molar-refractivity contribution in [3.8, 4) is 0 Å². The SMILES string of the molecule is CCCCC(C)(C)[C@H](O)C=C[C@@H]1C(CCCCCCC(=O)O)=CC[C@H]1O. The molecule has 26 heavy (non-hydrogen) atoms. The number of hydrogen-bond acceptors (Lipinski definition) is 3. The van der Waals surface area contributed by atoms with Crippen molar-refractivity contribution < 1.29 is 20.1 Å². The van der Waals surface area contributed by atoms with Gasteiger partial charge in [-0.2, -0.15) is 0 Å². The molecule has 4 nitrogen and oxygen atoms in total. The Hall–Kier alpha value is -1.13. The number of unbranched alkanes of at least 4 members (excludes halogenated alkanes) is 4. The van der Waals surface area contributed by atoms with Crippen LogP contribution in [0.5, 0.6) is 0 Å². The van der Waals surface area contributed by atoms with Crippen LogP contribution in [0, 0.1) is 11.3 Å². The highest BCUT2D eigenvalue weighted by Crippen LogP contribution is 2.33. The summed E-state index contributed by atoms with van der Waals surface area (Å²) in [5.41, 5.74) is 1.11. The van der Waals surface area contributed by atoms with Gasteiger partial charge in [-0.1, -0.05) is 70.3 Å². The van der Waals surface area contributed by atoms with E-state index in [-0.39, 0.29) is 23.9 Å². The Labute approximate surface area is 159 Å².